The van der Waals surface area contributed by atoms with Crippen molar-refractivity contribution in [3.63, 3.8) is 0 Å². The Morgan fingerprint density at radius 2 is 2.10 bits per heavy atom. The highest BCUT2D eigenvalue weighted by Crippen LogP contribution is 2.25. The minimum atomic E-state index is 0.00281. The molecule has 6 nitrogen and oxygen atoms in total. The van der Waals surface area contributed by atoms with E-state index in [2.05, 4.69) is 57.2 Å². The average molecular weight is 416 g/mol. The maximum atomic E-state index is 13.2. The summed E-state index contributed by atoms with van der Waals surface area (Å²) in [4.78, 5) is 23.0. The van der Waals surface area contributed by atoms with Gasteiger partial charge in [0.25, 0.3) is 5.91 Å². The second-order valence-corrected chi connectivity index (χ2v) is 8.47. The number of carbonyl (C=O) groups excluding carboxylic acids is 1. The Morgan fingerprint density at radius 3 is 2.94 bits per heavy atom. The van der Waals surface area contributed by atoms with Crippen LogP contribution in [0.5, 0.6) is 0 Å². The van der Waals surface area contributed by atoms with Gasteiger partial charge >= 0.3 is 0 Å². The second kappa shape index (κ2) is 8.55. The van der Waals surface area contributed by atoms with E-state index in [0.29, 0.717) is 18.4 Å². The first-order valence-electron chi connectivity index (χ1n) is 11.3. The van der Waals surface area contributed by atoms with Gasteiger partial charge in [-0.2, -0.15) is 0 Å². The molecule has 1 amide bonds. The van der Waals surface area contributed by atoms with E-state index in [0.717, 1.165) is 43.3 Å². The molecule has 160 valence electrons. The molecular weight excluding hydrogens is 386 g/mol. The standard InChI is InChI=1S/C25H29N5O/c1-2-30(25(31)24-27-22-11-3-4-12-23(22)28-24)21-10-7-8-19(15-21)26-16-18-14-20-9-5-6-13-29(20)17-18/h3-6,9,11-14,17,19,21,26H,2,7-8,10,15-16H2,1H3,(H,27,28)/t19-,21+/m1/s1. The van der Waals surface area contributed by atoms with Crippen LogP contribution < -0.4 is 5.32 Å². The Hall–Kier alpha value is -3.12. The Morgan fingerprint density at radius 1 is 1.23 bits per heavy atom. The fourth-order valence-corrected chi connectivity index (χ4v) is 4.86. The third-order valence-electron chi connectivity index (χ3n) is 6.44. The molecule has 1 saturated carbocycles. The molecule has 1 aromatic carbocycles. The lowest BCUT2D eigenvalue weighted by atomic mass is 9.89. The van der Waals surface area contributed by atoms with Crippen LogP contribution in [0, 0.1) is 0 Å². The Labute approximate surface area is 182 Å². The number of aromatic nitrogens is 3. The quantitative estimate of drug-likeness (QED) is 0.491. The first-order valence-corrected chi connectivity index (χ1v) is 11.3. The molecule has 4 aromatic rings. The van der Waals surface area contributed by atoms with E-state index in [-0.39, 0.29) is 11.9 Å². The van der Waals surface area contributed by atoms with Crippen LogP contribution in [0.4, 0.5) is 0 Å². The van der Waals surface area contributed by atoms with Crippen LogP contribution in [0.15, 0.2) is 60.9 Å². The highest BCUT2D eigenvalue weighted by atomic mass is 16.2. The van der Waals surface area contributed by atoms with Gasteiger partial charge < -0.3 is 19.6 Å². The summed E-state index contributed by atoms with van der Waals surface area (Å²) in [5.74, 6) is 0.446. The molecule has 0 radical (unpaired) electrons. The van der Waals surface area contributed by atoms with E-state index < -0.39 is 0 Å². The number of hydrogen-bond donors (Lipinski definition) is 2. The van der Waals surface area contributed by atoms with E-state index in [1.807, 2.05) is 35.2 Å². The topological polar surface area (TPSA) is 65.4 Å². The van der Waals surface area contributed by atoms with Crippen molar-refractivity contribution >= 4 is 22.5 Å². The van der Waals surface area contributed by atoms with Crippen molar-refractivity contribution in [1.82, 2.24) is 24.6 Å². The number of aromatic amines is 1. The van der Waals surface area contributed by atoms with Crippen LogP contribution in [0.25, 0.3) is 16.6 Å². The molecule has 1 aliphatic rings. The summed E-state index contributed by atoms with van der Waals surface area (Å²) in [6.45, 7) is 3.60. The molecule has 6 heteroatoms. The molecule has 31 heavy (non-hydrogen) atoms. The molecule has 1 aliphatic carbocycles. The first-order chi connectivity index (χ1) is 15.2. The third-order valence-corrected chi connectivity index (χ3v) is 6.44. The van der Waals surface area contributed by atoms with Crippen molar-refractivity contribution in [3.8, 4) is 0 Å². The molecule has 3 heterocycles. The fraction of sp³-hybridized carbons (Fsp3) is 0.360. The summed E-state index contributed by atoms with van der Waals surface area (Å²) < 4.78 is 2.16. The van der Waals surface area contributed by atoms with Gasteiger partial charge in [-0.25, -0.2) is 4.98 Å². The van der Waals surface area contributed by atoms with Crippen molar-refractivity contribution < 1.29 is 4.79 Å². The summed E-state index contributed by atoms with van der Waals surface area (Å²) in [5, 5.41) is 3.73. The second-order valence-electron chi connectivity index (χ2n) is 8.47. The van der Waals surface area contributed by atoms with E-state index in [1.54, 1.807) is 0 Å². The van der Waals surface area contributed by atoms with Gasteiger partial charge in [-0.15, -0.1) is 0 Å². The van der Waals surface area contributed by atoms with Gasteiger partial charge in [0.1, 0.15) is 0 Å². The maximum Gasteiger partial charge on any atom is 0.289 e. The van der Waals surface area contributed by atoms with Gasteiger partial charge in [0, 0.05) is 43.1 Å². The zero-order valence-electron chi connectivity index (χ0n) is 17.9. The molecule has 0 saturated heterocycles. The number of pyridine rings is 1. The molecule has 2 N–H and O–H groups in total. The number of nitrogens with zero attached hydrogens (tertiary/aromatic N) is 3. The predicted molar refractivity (Wildman–Crippen MR) is 123 cm³/mol. The van der Waals surface area contributed by atoms with Gasteiger partial charge in [-0.05, 0) is 68.5 Å². The number of amides is 1. The zero-order chi connectivity index (χ0) is 21.2. The number of H-pyrrole nitrogens is 1. The smallest absolute Gasteiger partial charge is 0.289 e. The van der Waals surface area contributed by atoms with Gasteiger partial charge in [0.15, 0.2) is 5.82 Å². The number of rotatable bonds is 6. The molecule has 0 unspecified atom stereocenters. The van der Waals surface area contributed by atoms with E-state index in [4.69, 9.17) is 0 Å². The molecule has 0 aliphatic heterocycles. The molecule has 0 spiro atoms. The van der Waals surface area contributed by atoms with Crippen LogP contribution in [0.3, 0.4) is 0 Å². The highest BCUT2D eigenvalue weighted by molar-refractivity contribution is 5.94. The third kappa shape index (κ3) is 4.08. The first kappa shape index (κ1) is 19.8. The predicted octanol–water partition coefficient (Wildman–Crippen LogP) is 4.38. The van der Waals surface area contributed by atoms with E-state index in [1.165, 1.54) is 11.1 Å². The summed E-state index contributed by atoms with van der Waals surface area (Å²) in [5.41, 5.74) is 4.25. The fourth-order valence-electron chi connectivity index (χ4n) is 4.86. The normalized spacial score (nSPS) is 19.1. The minimum absolute atomic E-state index is 0.00281. The van der Waals surface area contributed by atoms with Crippen LogP contribution in [0.2, 0.25) is 0 Å². The lowest BCUT2D eigenvalue weighted by Gasteiger charge is -2.37. The summed E-state index contributed by atoms with van der Waals surface area (Å²) in [7, 11) is 0. The summed E-state index contributed by atoms with van der Waals surface area (Å²) in [6.07, 6.45) is 8.58. The molecule has 0 bridgehead atoms. The van der Waals surface area contributed by atoms with Crippen LogP contribution in [-0.4, -0.2) is 43.8 Å². The van der Waals surface area contributed by atoms with Gasteiger partial charge in [-0.3, -0.25) is 4.79 Å². The number of nitrogens with one attached hydrogen (secondary N) is 2. The SMILES string of the molecule is CCN(C(=O)c1nc2ccccc2[nH]1)[C@H]1CCC[C@@H](NCc2cc3ccccn3c2)C1. The van der Waals surface area contributed by atoms with Crippen LogP contribution in [0.1, 0.15) is 48.8 Å². The zero-order valence-corrected chi connectivity index (χ0v) is 17.9. The largest absolute Gasteiger partial charge is 0.334 e. The Balaban J connectivity index is 1.25. The number of carbonyl (C=O) groups is 1. The summed E-state index contributed by atoms with van der Waals surface area (Å²) in [6, 6.07) is 16.9. The van der Waals surface area contributed by atoms with Gasteiger partial charge in [0.2, 0.25) is 0 Å². The van der Waals surface area contributed by atoms with Crippen LogP contribution in [-0.2, 0) is 6.54 Å². The highest BCUT2D eigenvalue weighted by Gasteiger charge is 2.30. The number of imidazole rings is 1. The molecule has 1 fully saturated rings. The van der Waals surface area contributed by atoms with Crippen molar-refractivity contribution in [3.05, 3.63) is 72.3 Å². The maximum absolute atomic E-state index is 13.2. The minimum Gasteiger partial charge on any atom is -0.334 e. The molecule has 5 rings (SSSR count). The Bertz CT molecular complexity index is 1130. The molecule has 3 aromatic heterocycles. The Kier molecular flexibility index (Phi) is 5.47. The van der Waals surface area contributed by atoms with Gasteiger partial charge in [-0.1, -0.05) is 18.2 Å². The van der Waals surface area contributed by atoms with Crippen molar-refractivity contribution in [2.24, 2.45) is 0 Å². The number of para-hydroxylation sites is 2. The molecular formula is C25H29N5O. The van der Waals surface area contributed by atoms with Gasteiger partial charge in [0.05, 0.1) is 11.0 Å². The monoisotopic (exact) mass is 415 g/mol. The van der Waals surface area contributed by atoms with E-state index in [9.17, 15) is 4.79 Å². The number of hydrogen-bond acceptors (Lipinski definition) is 3. The lowest BCUT2D eigenvalue weighted by Crippen LogP contribution is -2.47. The molecule has 2 atom stereocenters. The summed E-state index contributed by atoms with van der Waals surface area (Å²) >= 11 is 0. The van der Waals surface area contributed by atoms with Crippen molar-refractivity contribution in [1.29, 1.82) is 0 Å². The van der Waals surface area contributed by atoms with Crippen molar-refractivity contribution in [2.45, 2.75) is 51.2 Å². The number of fused-ring (bicyclic) bond motifs is 2. The van der Waals surface area contributed by atoms with Crippen molar-refractivity contribution in [2.75, 3.05) is 6.54 Å². The lowest BCUT2D eigenvalue weighted by molar-refractivity contribution is 0.0617. The number of benzene rings is 1. The van der Waals surface area contributed by atoms with E-state index >= 15 is 0 Å². The van der Waals surface area contributed by atoms with Crippen LogP contribution >= 0.6 is 0 Å². The average Bonchev–Trinajstić information content (AvgIpc) is 3.42.